The van der Waals surface area contributed by atoms with Crippen LogP contribution < -0.4 is 5.32 Å². The second kappa shape index (κ2) is 8.84. The first-order chi connectivity index (χ1) is 14.0. The van der Waals surface area contributed by atoms with Crippen LogP contribution in [0, 0.1) is 0 Å². The van der Waals surface area contributed by atoms with Gasteiger partial charge in [0.05, 0.1) is 17.7 Å². The van der Waals surface area contributed by atoms with Crippen molar-refractivity contribution in [3.63, 3.8) is 0 Å². The minimum atomic E-state index is -1.06. The van der Waals surface area contributed by atoms with Crippen molar-refractivity contribution in [2.24, 2.45) is 0 Å². The fraction of sp³-hybridized carbons (Fsp3) is 0.0870. The van der Waals surface area contributed by atoms with Gasteiger partial charge in [0.1, 0.15) is 0 Å². The van der Waals surface area contributed by atoms with Gasteiger partial charge in [-0.15, -0.1) is 0 Å². The van der Waals surface area contributed by atoms with Crippen LogP contribution in [0.1, 0.15) is 38.0 Å². The minimum absolute atomic E-state index is 0.117. The van der Waals surface area contributed by atoms with E-state index >= 15 is 0 Å². The molecule has 3 aromatic carbocycles. The highest BCUT2D eigenvalue weighted by Crippen LogP contribution is 2.28. The largest absolute Gasteiger partial charge is 0.478 e. The Morgan fingerprint density at radius 3 is 1.97 bits per heavy atom. The molecule has 1 amide bonds. The fourth-order valence-electron chi connectivity index (χ4n) is 2.92. The lowest BCUT2D eigenvalue weighted by Crippen LogP contribution is -2.14. The number of aromatic carboxylic acids is 1. The van der Waals surface area contributed by atoms with E-state index in [4.69, 9.17) is 4.74 Å². The number of carbonyl (C=O) groups excluding carboxylic acids is 2. The summed E-state index contributed by atoms with van der Waals surface area (Å²) in [4.78, 5) is 36.2. The van der Waals surface area contributed by atoms with Crippen LogP contribution >= 0.6 is 0 Å². The van der Waals surface area contributed by atoms with E-state index < -0.39 is 11.9 Å². The van der Waals surface area contributed by atoms with E-state index in [-0.39, 0.29) is 18.1 Å². The molecule has 2 N–H and O–H groups in total. The first-order valence-electron chi connectivity index (χ1n) is 9.01. The van der Waals surface area contributed by atoms with Crippen molar-refractivity contribution in [3.05, 3.63) is 89.5 Å². The molecule has 0 saturated carbocycles. The number of benzene rings is 3. The molecule has 0 unspecified atom stereocenters. The van der Waals surface area contributed by atoms with Crippen LogP contribution in [0.5, 0.6) is 0 Å². The van der Waals surface area contributed by atoms with Crippen molar-refractivity contribution in [2.75, 3.05) is 11.9 Å². The summed E-state index contributed by atoms with van der Waals surface area (Å²) in [6.07, 6.45) is 0. The third kappa shape index (κ3) is 4.50. The van der Waals surface area contributed by atoms with Gasteiger partial charge in [0.15, 0.2) is 0 Å². The molecule has 6 nitrogen and oxygen atoms in total. The first-order valence-corrected chi connectivity index (χ1v) is 9.01. The van der Waals surface area contributed by atoms with Gasteiger partial charge < -0.3 is 15.2 Å². The number of carbonyl (C=O) groups is 3. The number of rotatable bonds is 6. The van der Waals surface area contributed by atoms with E-state index in [0.29, 0.717) is 27.9 Å². The molecule has 29 heavy (non-hydrogen) atoms. The third-order valence-corrected chi connectivity index (χ3v) is 4.27. The van der Waals surface area contributed by atoms with Crippen LogP contribution in [0.25, 0.3) is 11.1 Å². The van der Waals surface area contributed by atoms with Crippen LogP contribution in [0.3, 0.4) is 0 Å². The molecule has 0 spiro atoms. The maximum atomic E-state index is 12.9. The summed E-state index contributed by atoms with van der Waals surface area (Å²) < 4.78 is 4.94. The van der Waals surface area contributed by atoms with E-state index in [1.165, 1.54) is 6.07 Å². The average molecular weight is 389 g/mol. The molecule has 0 atom stereocenters. The van der Waals surface area contributed by atoms with E-state index in [1.54, 1.807) is 73.7 Å². The highest BCUT2D eigenvalue weighted by molar-refractivity contribution is 6.10. The molecule has 0 fully saturated rings. The number of nitrogens with one attached hydrogen (secondary N) is 1. The molecular formula is C23H19NO5. The second-order valence-corrected chi connectivity index (χ2v) is 6.15. The lowest BCUT2D eigenvalue weighted by molar-refractivity contribution is 0.0525. The van der Waals surface area contributed by atoms with Crippen molar-refractivity contribution >= 4 is 23.5 Å². The van der Waals surface area contributed by atoms with Gasteiger partial charge in [-0.25, -0.2) is 9.59 Å². The Labute approximate surface area is 167 Å². The molecule has 3 rings (SSSR count). The molecule has 0 radical (unpaired) electrons. The molecule has 0 bridgehead atoms. The summed E-state index contributed by atoms with van der Waals surface area (Å²) in [5, 5.41) is 12.2. The van der Waals surface area contributed by atoms with Crippen molar-refractivity contribution < 1.29 is 24.2 Å². The Morgan fingerprint density at radius 2 is 1.38 bits per heavy atom. The lowest BCUT2D eigenvalue weighted by Gasteiger charge is -2.12. The summed E-state index contributed by atoms with van der Waals surface area (Å²) >= 11 is 0. The van der Waals surface area contributed by atoms with Crippen LogP contribution in [0.15, 0.2) is 72.8 Å². The summed E-state index contributed by atoms with van der Waals surface area (Å²) in [7, 11) is 0. The van der Waals surface area contributed by atoms with E-state index in [2.05, 4.69) is 5.32 Å². The van der Waals surface area contributed by atoms with E-state index in [9.17, 15) is 19.5 Å². The maximum absolute atomic E-state index is 12.9. The molecule has 0 aliphatic rings. The number of carboxylic acid groups (broad SMARTS) is 1. The van der Waals surface area contributed by atoms with E-state index in [0.717, 1.165) is 0 Å². The Bertz CT molecular complexity index is 1060. The van der Waals surface area contributed by atoms with Crippen LogP contribution in [0.4, 0.5) is 5.69 Å². The van der Waals surface area contributed by atoms with Gasteiger partial charge in [-0.1, -0.05) is 36.4 Å². The van der Waals surface area contributed by atoms with Gasteiger partial charge in [-0.05, 0) is 54.4 Å². The van der Waals surface area contributed by atoms with Crippen LogP contribution in [-0.2, 0) is 4.74 Å². The molecule has 0 aliphatic heterocycles. The Morgan fingerprint density at radius 1 is 0.828 bits per heavy atom. The van der Waals surface area contributed by atoms with Crippen molar-refractivity contribution in [1.29, 1.82) is 0 Å². The first kappa shape index (κ1) is 19.8. The monoisotopic (exact) mass is 389 g/mol. The Kier molecular flexibility index (Phi) is 6.04. The highest BCUT2D eigenvalue weighted by atomic mass is 16.5. The van der Waals surface area contributed by atoms with Gasteiger partial charge >= 0.3 is 11.9 Å². The predicted octanol–water partition coefficient (Wildman–Crippen LogP) is 4.48. The topological polar surface area (TPSA) is 92.7 Å². The van der Waals surface area contributed by atoms with Crippen molar-refractivity contribution in [1.82, 2.24) is 0 Å². The molecule has 0 heterocycles. The van der Waals surface area contributed by atoms with Gasteiger partial charge in [-0.2, -0.15) is 0 Å². The smallest absolute Gasteiger partial charge is 0.338 e. The lowest BCUT2D eigenvalue weighted by atomic mass is 9.95. The number of esters is 1. The zero-order valence-corrected chi connectivity index (χ0v) is 15.7. The van der Waals surface area contributed by atoms with Gasteiger partial charge in [-0.3, -0.25) is 4.79 Å². The van der Waals surface area contributed by atoms with Crippen molar-refractivity contribution in [3.8, 4) is 11.1 Å². The molecule has 0 aliphatic carbocycles. The average Bonchev–Trinajstić information content (AvgIpc) is 2.74. The number of carboxylic acids is 1. The number of hydrogen-bond acceptors (Lipinski definition) is 4. The number of amides is 1. The van der Waals surface area contributed by atoms with Crippen LogP contribution in [-0.4, -0.2) is 29.6 Å². The SMILES string of the molecule is CCOC(=O)c1ccc(NC(=O)c2ccccc2-c2ccccc2C(=O)O)cc1. The second-order valence-electron chi connectivity index (χ2n) is 6.15. The predicted molar refractivity (Wildman–Crippen MR) is 109 cm³/mol. The quantitative estimate of drug-likeness (QED) is 0.607. The standard InChI is InChI=1S/C23H19NO5/c1-2-29-23(28)15-11-13-16(14-12-15)24-21(25)19-9-5-3-7-17(19)18-8-4-6-10-20(18)22(26)27/h3-14H,2H2,1H3,(H,24,25)(H,26,27). The fourth-order valence-corrected chi connectivity index (χ4v) is 2.92. The number of hydrogen-bond donors (Lipinski definition) is 2. The number of anilines is 1. The van der Waals surface area contributed by atoms with Crippen LogP contribution in [0.2, 0.25) is 0 Å². The highest BCUT2D eigenvalue weighted by Gasteiger charge is 2.17. The summed E-state index contributed by atoms with van der Waals surface area (Å²) in [5.41, 5.74) is 2.33. The summed E-state index contributed by atoms with van der Waals surface area (Å²) in [5.74, 6) is -1.88. The van der Waals surface area contributed by atoms with Gasteiger partial charge in [0.25, 0.3) is 5.91 Å². The van der Waals surface area contributed by atoms with E-state index in [1.807, 2.05) is 0 Å². The molecule has 6 heteroatoms. The van der Waals surface area contributed by atoms with Gasteiger partial charge in [0, 0.05) is 11.3 Å². The summed E-state index contributed by atoms with van der Waals surface area (Å²) in [6.45, 7) is 2.01. The molecule has 146 valence electrons. The third-order valence-electron chi connectivity index (χ3n) is 4.27. The zero-order chi connectivity index (χ0) is 20.8. The molecule has 0 saturated heterocycles. The Balaban J connectivity index is 1.88. The van der Waals surface area contributed by atoms with Crippen molar-refractivity contribution in [2.45, 2.75) is 6.92 Å². The number of ether oxygens (including phenoxy) is 1. The molecule has 0 aromatic heterocycles. The molecular weight excluding hydrogens is 370 g/mol. The zero-order valence-electron chi connectivity index (χ0n) is 15.7. The summed E-state index contributed by atoms with van der Waals surface area (Å²) in [6, 6.07) is 19.7. The normalized spacial score (nSPS) is 10.2. The van der Waals surface area contributed by atoms with Gasteiger partial charge in [0.2, 0.25) is 0 Å². The molecule has 3 aromatic rings. The maximum Gasteiger partial charge on any atom is 0.338 e. The minimum Gasteiger partial charge on any atom is -0.478 e. The Hall–Kier alpha value is -3.93.